The van der Waals surface area contributed by atoms with Crippen LogP contribution >= 0.6 is 0 Å². The minimum atomic E-state index is 0.663. The molecule has 1 atom stereocenters. The van der Waals surface area contributed by atoms with Gasteiger partial charge < -0.3 is 5.32 Å². The molecule has 15 heavy (non-hydrogen) atoms. The van der Waals surface area contributed by atoms with Crippen molar-refractivity contribution in [2.24, 2.45) is 11.3 Å². The maximum atomic E-state index is 3.62. The topological polar surface area (TPSA) is 12.0 Å². The number of rotatable bonds is 3. The van der Waals surface area contributed by atoms with E-state index < -0.39 is 0 Å². The molecule has 0 aromatic rings. The minimum Gasteiger partial charge on any atom is -0.314 e. The first-order chi connectivity index (χ1) is 7.23. The monoisotopic (exact) mass is 209 g/mol. The van der Waals surface area contributed by atoms with Crippen LogP contribution in [0.1, 0.15) is 65.2 Å². The summed E-state index contributed by atoms with van der Waals surface area (Å²) in [5.41, 5.74) is 0.794. The summed E-state index contributed by atoms with van der Waals surface area (Å²) in [5.74, 6) is 1.01. The maximum Gasteiger partial charge on any atom is 0.00104 e. The fourth-order valence-electron chi connectivity index (χ4n) is 3.32. The van der Waals surface area contributed by atoms with E-state index in [2.05, 4.69) is 19.2 Å². The van der Waals surface area contributed by atoms with E-state index >= 15 is 0 Å². The lowest BCUT2D eigenvalue weighted by atomic mass is 9.86. The summed E-state index contributed by atoms with van der Waals surface area (Å²) < 4.78 is 0. The summed E-state index contributed by atoms with van der Waals surface area (Å²) in [6.45, 7) is 5.79. The van der Waals surface area contributed by atoms with Gasteiger partial charge in [0.15, 0.2) is 0 Å². The third-order valence-electron chi connectivity index (χ3n) is 4.48. The van der Waals surface area contributed by atoms with Crippen LogP contribution in [0, 0.1) is 11.3 Å². The van der Waals surface area contributed by atoms with Crippen LogP contribution in [0.3, 0.4) is 0 Å². The Kier molecular flexibility index (Phi) is 3.71. The number of hydrogen-bond acceptors (Lipinski definition) is 1. The molecule has 0 saturated heterocycles. The first-order valence-corrected chi connectivity index (χ1v) is 6.96. The van der Waals surface area contributed by atoms with E-state index in [1.54, 1.807) is 0 Å². The van der Waals surface area contributed by atoms with E-state index in [9.17, 15) is 0 Å². The molecule has 88 valence electrons. The third kappa shape index (κ3) is 2.96. The second kappa shape index (κ2) is 4.86. The molecule has 0 bridgehead atoms. The van der Waals surface area contributed by atoms with E-state index in [1.165, 1.54) is 57.9 Å². The zero-order chi connectivity index (χ0) is 10.7. The highest BCUT2D eigenvalue weighted by Crippen LogP contribution is 2.59. The van der Waals surface area contributed by atoms with Gasteiger partial charge in [0.1, 0.15) is 0 Å². The average Bonchev–Trinajstić information content (AvgIpc) is 2.84. The van der Waals surface area contributed by atoms with Crippen molar-refractivity contribution in [3.05, 3.63) is 0 Å². The number of hydrogen-bond donors (Lipinski definition) is 1. The van der Waals surface area contributed by atoms with Gasteiger partial charge in [0.2, 0.25) is 0 Å². The molecular weight excluding hydrogens is 182 g/mol. The standard InChI is InChI=1S/C14H27N/c1-12(2)15-11-13-10-14(13)8-6-4-3-5-7-9-14/h12-13,15H,3-11H2,1-2H3. The first-order valence-electron chi connectivity index (χ1n) is 6.96. The van der Waals surface area contributed by atoms with Gasteiger partial charge in [0, 0.05) is 6.04 Å². The molecule has 1 N–H and O–H groups in total. The lowest BCUT2D eigenvalue weighted by Gasteiger charge is -2.21. The smallest absolute Gasteiger partial charge is 0.00104 e. The molecule has 0 aliphatic heterocycles. The van der Waals surface area contributed by atoms with Gasteiger partial charge in [-0.2, -0.15) is 0 Å². The van der Waals surface area contributed by atoms with Crippen LogP contribution in [0.25, 0.3) is 0 Å². The largest absolute Gasteiger partial charge is 0.314 e. The van der Waals surface area contributed by atoms with E-state index in [4.69, 9.17) is 0 Å². The third-order valence-corrected chi connectivity index (χ3v) is 4.48. The van der Waals surface area contributed by atoms with Gasteiger partial charge in [0.05, 0.1) is 0 Å². The average molecular weight is 209 g/mol. The van der Waals surface area contributed by atoms with Gasteiger partial charge >= 0.3 is 0 Å². The zero-order valence-electron chi connectivity index (χ0n) is 10.5. The Morgan fingerprint density at radius 1 is 1.07 bits per heavy atom. The normalized spacial score (nSPS) is 30.2. The predicted molar refractivity (Wildman–Crippen MR) is 66.0 cm³/mol. The van der Waals surface area contributed by atoms with Crippen molar-refractivity contribution < 1.29 is 0 Å². The highest BCUT2D eigenvalue weighted by molar-refractivity contribution is 5.03. The highest BCUT2D eigenvalue weighted by Gasteiger charge is 2.51. The maximum absolute atomic E-state index is 3.62. The highest BCUT2D eigenvalue weighted by atomic mass is 14.9. The van der Waals surface area contributed by atoms with Crippen LogP contribution < -0.4 is 5.32 Å². The molecule has 2 saturated carbocycles. The fraction of sp³-hybridized carbons (Fsp3) is 1.00. The Labute approximate surface area is 95.0 Å². The van der Waals surface area contributed by atoms with Crippen LogP contribution in [0.5, 0.6) is 0 Å². The molecule has 1 spiro atoms. The van der Waals surface area contributed by atoms with Crippen molar-refractivity contribution in [1.82, 2.24) is 5.32 Å². The van der Waals surface area contributed by atoms with Gasteiger partial charge in [-0.05, 0) is 37.1 Å². The second-order valence-corrected chi connectivity index (χ2v) is 6.09. The van der Waals surface area contributed by atoms with Gasteiger partial charge in [-0.3, -0.25) is 0 Å². The van der Waals surface area contributed by atoms with Crippen LogP contribution in [0.15, 0.2) is 0 Å². The molecule has 1 unspecified atom stereocenters. The molecule has 0 radical (unpaired) electrons. The molecule has 2 aliphatic rings. The van der Waals surface area contributed by atoms with E-state index in [0.717, 1.165) is 11.3 Å². The van der Waals surface area contributed by atoms with E-state index in [-0.39, 0.29) is 0 Å². The fourth-order valence-corrected chi connectivity index (χ4v) is 3.32. The van der Waals surface area contributed by atoms with Crippen molar-refractivity contribution >= 4 is 0 Å². The summed E-state index contributed by atoms with van der Waals surface area (Å²) in [7, 11) is 0. The van der Waals surface area contributed by atoms with Crippen molar-refractivity contribution in [2.45, 2.75) is 71.3 Å². The minimum absolute atomic E-state index is 0.663. The summed E-state index contributed by atoms with van der Waals surface area (Å²) in [5, 5.41) is 3.62. The van der Waals surface area contributed by atoms with Crippen LogP contribution in [-0.4, -0.2) is 12.6 Å². The second-order valence-electron chi connectivity index (χ2n) is 6.09. The number of nitrogens with one attached hydrogen (secondary N) is 1. The summed E-state index contributed by atoms with van der Waals surface area (Å²) in [6.07, 6.45) is 12.0. The van der Waals surface area contributed by atoms with Crippen molar-refractivity contribution in [3.8, 4) is 0 Å². The zero-order valence-corrected chi connectivity index (χ0v) is 10.5. The Bertz CT molecular complexity index is 190. The lowest BCUT2D eigenvalue weighted by Crippen LogP contribution is -2.26. The quantitative estimate of drug-likeness (QED) is 0.746. The predicted octanol–water partition coefficient (Wildman–Crippen LogP) is 3.74. The molecule has 2 aliphatic carbocycles. The molecule has 1 nitrogen and oxygen atoms in total. The van der Waals surface area contributed by atoms with Gasteiger partial charge in [-0.1, -0.05) is 46.0 Å². The van der Waals surface area contributed by atoms with E-state index in [0.29, 0.717) is 6.04 Å². The lowest BCUT2D eigenvalue weighted by molar-refractivity contribution is 0.322. The first kappa shape index (κ1) is 11.4. The Balaban J connectivity index is 1.76. The molecule has 2 fully saturated rings. The van der Waals surface area contributed by atoms with Crippen molar-refractivity contribution in [1.29, 1.82) is 0 Å². The Morgan fingerprint density at radius 2 is 1.67 bits per heavy atom. The summed E-state index contributed by atoms with van der Waals surface area (Å²) in [4.78, 5) is 0. The molecular formula is C14H27N. The Morgan fingerprint density at radius 3 is 2.27 bits per heavy atom. The SMILES string of the molecule is CC(C)NCC1CC12CCCCCCC2. The molecule has 0 heterocycles. The molecule has 0 aromatic carbocycles. The van der Waals surface area contributed by atoms with Gasteiger partial charge in [-0.15, -0.1) is 0 Å². The molecule has 2 rings (SSSR count). The summed E-state index contributed by atoms with van der Waals surface area (Å²) in [6, 6.07) is 0.663. The molecule has 0 aromatic heterocycles. The molecule has 0 amide bonds. The van der Waals surface area contributed by atoms with Crippen LogP contribution in [0.4, 0.5) is 0 Å². The summed E-state index contributed by atoms with van der Waals surface area (Å²) >= 11 is 0. The molecule has 1 heteroatoms. The van der Waals surface area contributed by atoms with Crippen LogP contribution in [0.2, 0.25) is 0 Å². The van der Waals surface area contributed by atoms with Crippen LogP contribution in [-0.2, 0) is 0 Å². The Hall–Kier alpha value is -0.0400. The van der Waals surface area contributed by atoms with Crippen molar-refractivity contribution in [2.75, 3.05) is 6.54 Å². The van der Waals surface area contributed by atoms with Gasteiger partial charge in [-0.25, -0.2) is 0 Å². The van der Waals surface area contributed by atoms with Crippen molar-refractivity contribution in [3.63, 3.8) is 0 Å². The van der Waals surface area contributed by atoms with Gasteiger partial charge in [0.25, 0.3) is 0 Å². The van der Waals surface area contributed by atoms with E-state index in [1.807, 2.05) is 0 Å².